The summed E-state index contributed by atoms with van der Waals surface area (Å²) in [5.74, 6) is -0.425. The van der Waals surface area contributed by atoms with Gasteiger partial charge in [-0.05, 0) is 25.0 Å². The van der Waals surface area contributed by atoms with Crippen molar-refractivity contribution in [3.8, 4) is 0 Å². The Morgan fingerprint density at radius 1 is 1.43 bits per heavy atom. The lowest BCUT2D eigenvalue weighted by Crippen LogP contribution is -2.55. The van der Waals surface area contributed by atoms with Crippen LogP contribution in [0, 0.1) is 15.9 Å². The third-order valence-electron chi connectivity index (χ3n) is 4.19. The van der Waals surface area contributed by atoms with E-state index < -0.39 is 10.7 Å². The molecule has 6 heteroatoms. The maximum Gasteiger partial charge on any atom is 0.274 e. The summed E-state index contributed by atoms with van der Waals surface area (Å²) in [4.78, 5) is 12.9. The Morgan fingerprint density at radius 2 is 2.19 bits per heavy atom. The first kappa shape index (κ1) is 15.9. The molecule has 21 heavy (non-hydrogen) atoms. The standard InChI is InChI=1S/C15H22FN3O2/c1-3-13-10-18(14(4-2)8-17-13)9-11-7-12(16)5-6-15(11)19(20)21/h5-7,13-14,17H,3-4,8-10H2,1-2H3. The summed E-state index contributed by atoms with van der Waals surface area (Å²) in [6.07, 6.45) is 1.98. The van der Waals surface area contributed by atoms with Gasteiger partial charge >= 0.3 is 0 Å². The van der Waals surface area contributed by atoms with Gasteiger partial charge in [0.2, 0.25) is 0 Å². The molecule has 0 aromatic heterocycles. The molecule has 0 spiro atoms. The summed E-state index contributed by atoms with van der Waals surface area (Å²) in [5, 5.41) is 14.6. The Balaban J connectivity index is 2.22. The Kier molecular flexibility index (Phi) is 5.25. The first-order chi connectivity index (χ1) is 10.0. The molecular formula is C15H22FN3O2. The number of piperazine rings is 1. The minimum atomic E-state index is -0.435. The predicted molar refractivity (Wildman–Crippen MR) is 79.6 cm³/mol. The van der Waals surface area contributed by atoms with Crippen LogP contribution in [0.15, 0.2) is 18.2 Å². The highest BCUT2D eigenvalue weighted by atomic mass is 19.1. The molecule has 2 unspecified atom stereocenters. The highest BCUT2D eigenvalue weighted by molar-refractivity contribution is 5.40. The van der Waals surface area contributed by atoms with E-state index in [9.17, 15) is 14.5 Å². The molecule has 1 aliphatic heterocycles. The number of hydrogen-bond acceptors (Lipinski definition) is 4. The Hall–Kier alpha value is -1.53. The van der Waals surface area contributed by atoms with Gasteiger partial charge in [0.15, 0.2) is 0 Å². The molecule has 5 nitrogen and oxygen atoms in total. The van der Waals surface area contributed by atoms with Gasteiger partial charge in [0.05, 0.1) is 4.92 Å². The number of rotatable bonds is 5. The van der Waals surface area contributed by atoms with Gasteiger partial charge in [-0.2, -0.15) is 0 Å². The average molecular weight is 295 g/mol. The molecule has 1 fully saturated rings. The topological polar surface area (TPSA) is 58.4 Å². The smallest absolute Gasteiger partial charge is 0.274 e. The van der Waals surface area contributed by atoms with E-state index in [-0.39, 0.29) is 5.69 Å². The van der Waals surface area contributed by atoms with Gasteiger partial charge in [0, 0.05) is 43.3 Å². The van der Waals surface area contributed by atoms with Crippen LogP contribution in [-0.2, 0) is 6.54 Å². The van der Waals surface area contributed by atoms with E-state index in [0.29, 0.717) is 24.2 Å². The molecule has 2 atom stereocenters. The molecule has 2 rings (SSSR count). The van der Waals surface area contributed by atoms with Gasteiger partial charge in [-0.1, -0.05) is 13.8 Å². The fraction of sp³-hybridized carbons (Fsp3) is 0.600. The van der Waals surface area contributed by atoms with Gasteiger partial charge in [0.1, 0.15) is 5.82 Å². The van der Waals surface area contributed by atoms with E-state index in [0.717, 1.165) is 32.0 Å². The summed E-state index contributed by atoms with van der Waals surface area (Å²) in [6, 6.07) is 4.40. The van der Waals surface area contributed by atoms with Crippen molar-refractivity contribution >= 4 is 5.69 Å². The number of benzene rings is 1. The summed E-state index contributed by atoms with van der Waals surface area (Å²) in [6.45, 7) is 6.35. The van der Waals surface area contributed by atoms with Crippen molar-refractivity contribution in [1.29, 1.82) is 0 Å². The van der Waals surface area contributed by atoms with Gasteiger partial charge < -0.3 is 5.32 Å². The second-order valence-corrected chi connectivity index (χ2v) is 5.54. The number of nitrogens with zero attached hydrogens (tertiary/aromatic N) is 2. The number of nitro groups is 1. The average Bonchev–Trinajstić information content (AvgIpc) is 2.47. The monoisotopic (exact) mass is 295 g/mol. The number of halogens is 1. The van der Waals surface area contributed by atoms with Crippen molar-refractivity contribution in [2.45, 2.75) is 45.3 Å². The second-order valence-electron chi connectivity index (χ2n) is 5.54. The molecule has 1 aromatic rings. The van der Waals surface area contributed by atoms with Crippen LogP contribution in [0.1, 0.15) is 32.3 Å². The molecule has 1 aliphatic rings. The Bertz CT molecular complexity index is 510. The lowest BCUT2D eigenvalue weighted by molar-refractivity contribution is -0.385. The third-order valence-corrected chi connectivity index (χ3v) is 4.19. The SMILES string of the molecule is CCC1CN(Cc2cc(F)ccc2[N+](=O)[O-])C(CC)CN1. The normalized spacial score (nSPS) is 23.2. The molecule has 1 N–H and O–H groups in total. The maximum atomic E-state index is 13.4. The van der Waals surface area contributed by atoms with Crippen LogP contribution in [0.2, 0.25) is 0 Å². The van der Waals surface area contributed by atoms with Crippen LogP contribution in [0.4, 0.5) is 10.1 Å². The molecule has 0 amide bonds. The third kappa shape index (κ3) is 3.77. The molecule has 0 bridgehead atoms. The van der Waals surface area contributed by atoms with E-state index in [1.807, 2.05) is 0 Å². The maximum absolute atomic E-state index is 13.4. The fourth-order valence-electron chi connectivity index (χ4n) is 2.88. The molecule has 116 valence electrons. The van der Waals surface area contributed by atoms with Crippen molar-refractivity contribution in [3.05, 3.63) is 39.7 Å². The quantitative estimate of drug-likeness (QED) is 0.670. The summed E-state index contributed by atoms with van der Waals surface area (Å²) in [7, 11) is 0. The molecule has 1 heterocycles. The fourth-order valence-corrected chi connectivity index (χ4v) is 2.88. The van der Waals surface area contributed by atoms with E-state index in [1.165, 1.54) is 12.1 Å². The van der Waals surface area contributed by atoms with E-state index in [4.69, 9.17) is 0 Å². The Labute approximate surface area is 124 Å². The minimum absolute atomic E-state index is 0.00201. The van der Waals surface area contributed by atoms with Gasteiger partial charge in [-0.15, -0.1) is 0 Å². The number of nitro benzene ring substituents is 1. The molecular weight excluding hydrogens is 273 g/mol. The van der Waals surface area contributed by atoms with Crippen LogP contribution < -0.4 is 5.32 Å². The zero-order valence-corrected chi connectivity index (χ0v) is 12.5. The van der Waals surface area contributed by atoms with Crippen LogP contribution >= 0.6 is 0 Å². The first-order valence-electron chi connectivity index (χ1n) is 7.45. The first-order valence-corrected chi connectivity index (χ1v) is 7.45. The van der Waals surface area contributed by atoms with Crippen molar-refractivity contribution in [2.24, 2.45) is 0 Å². The van der Waals surface area contributed by atoms with Crippen LogP contribution in [0.25, 0.3) is 0 Å². The van der Waals surface area contributed by atoms with Crippen LogP contribution in [0.5, 0.6) is 0 Å². The highest BCUT2D eigenvalue weighted by Crippen LogP contribution is 2.24. The Morgan fingerprint density at radius 3 is 2.81 bits per heavy atom. The van der Waals surface area contributed by atoms with Crippen molar-refractivity contribution < 1.29 is 9.31 Å². The lowest BCUT2D eigenvalue weighted by atomic mass is 10.0. The minimum Gasteiger partial charge on any atom is -0.311 e. The molecule has 0 saturated carbocycles. The molecule has 1 saturated heterocycles. The lowest BCUT2D eigenvalue weighted by Gasteiger charge is -2.39. The molecule has 1 aromatic carbocycles. The zero-order chi connectivity index (χ0) is 15.4. The molecule has 0 aliphatic carbocycles. The van der Waals surface area contributed by atoms with E-state index in [1.54, 1.807) is 0 Å². The van der Waals surface area contributed by atoms with Crippen molar-refractivity contribution in [3.63, 3.8) is 0 Å². The summed E-state index contributed by atoms with van der Waals surface area (Å²) in [5.41, 5.74) is 0.452. The predicted octanol–water partition coefficient (Wildman–Crippen LogP) is 2.70. The van der Waals surface area contributed by atoms with Crippen LogP contribution in [-0.4, -0.2) is 35.0 Å². The highest BCUT2D eigenvalue weighted by Gasteiger charge is 2.27. The number of nitrogens with one attached hydrogen (secondary N) is 1. The van der Waals surface area contributed by atoms with E-state index in [2.05, 4.69) is 24.1 Å². The van der Waals surface area contributed by atoms with Gasteiger partial charge in [0.25, 0.3) is 5.69 Å². The number of hydrogen-bond donors (Lipinski definition) is 1. The van der Waals surface area contributed by atoms with Crippen molar-refractivity contribution in [1.82, 2.24) is 10.2 Å². The summed E-state index contributed by atoms with van der Waals surface area (Å²) < 4.78 is 13.4. The van der Waals surface area contributed by atoms with E-state index >= 15 is 0 Å². The summed E-state index contributed by atoms with van der Waals surface area (Å²) >= 11 is 0. The largest absolute Gasteiger partial charge is 0.311 e. The zero-order valence-electron chi connectivity index (χ0n) is 12.5. The van der Waals surface area contributed by atoms with Gasteiger partial charge in [-0.3, -0.25) is 15.0 Å². The van der Waals surface area contributed by atoms with Crippen LogP contribution in [0.3, 0.4) is 0 Å². The van der Waals surface area contributed by atoms with Crippen molar-refractivity contribution in [2.75, 3.05) is 13.1 Å². The molecule has 0 radical (unpaired) electrons. The second kappa shape index (κ2) is 6.95. The van der Waals surface area contributed by atoms with Gasteiger partial charge in [-0.25, -0.2) is 4.39 Å².